The number of hydrogen-bond acceptors (Lipinski definition) is 0. The normalized spacial score (nSPS) is 10.4. The Labute approximate surface area is 69.0 Å². The molecule has 0 unspecified atom stereocenters. The van der Waals surface area contributed by atoms with Crippen LogP contribution in [-0.4, -0.2) is 0 Å². The van der Waals surface area contributed by atoms with Crippen LogP contribution >= 0.6 is 0 Å². The molecule has 3 heteroatoms. The maximum absolute atomic E-state index is 12.9. The lowest BCUT2D eigenvalue weighted by molar-refractivity contribution is 0.440. The van der Waals surface area contributed by atoms with E-state index in [1.807, 2.05) is 0 Å². The predicted octanol–water partition coefficient (Wildman–Crippen LogP) is 2.97. The van der Waals surface area contributed by atoms with Crippen molar-refractivity contribution < 1.29 is 13.2 Å². The van der Waals surface area contributed by atoms with Crippen molar-refractivity contribution in [2.24, 2.45) is 0 Å². The molecule has 0 spiro atoms. The van der Waals surface area contributed by atoms with Crippen LogP contribution in [0.15, 0.2) is 6.07 Å². The van der Waals surface area contributed by atoms with Gasteiger partial charge in [0.05, 0.1) is 0 Å². The highest BCUT2D eigenvalue weighted by molar-refractivity contribution is 5.29. The van der Waals surface area contributed by atoms with E-state index in [2.05, 4.69) is 0 Å². The van der Waals surface area contributed by atoms with Gasteiger partial charge in [-0.15, -0.1) is 0 Å². The van der Waals surface area contributed by atoms with Crippen LogP contribution in [0.3, 0.4) is 0 Å². The van der Waals surface area contributed by atoms with E-state index in [9.17, 15) is 13.2 Å². The van der Waals surface area contributed by atoms with E-state index >= 15 is 0 Å². The first-order valence-corrected chi connectivity index (χ1v) is 3.70. The highest BCUT2D eigenvalue weighted by Gasteiger charge is 2.14. The molecule has 0 heterocycles. The summed E-state index contributed by atoms with van der Waals surface area (Å²) in [6.07, 6.45) is 0.370. The first-order chi connectivity index (χ1) is 5.57. The molecule has 0 aliphatic carbocycles. The molecule has 0 atom stereocenters. The quantitative estimate of drug-likeness (QED) is 0.574. The fourth-order valence-corrected chi connectivity index (χ4v) is 1.19. The van der Waals surface area contributed by atoms with Gasteiger partial charge in [-0.2, -0.15) is 0 Å². The summed E-state index contributed by atoms with van der Waals surface area (Å²) < 4.78 is 38.1. The van der Waals surface area contributed by atoms with Gasteiger partial charge in [0, 0.05) is 0 Å². The van der Waals surface area contributed by atoms with Gasteiger partial charge in [-0.1, -0.05) is 6.92 Å². The van der Waals surface area contributed by atoms with Crippen LogP contribution in [0, 0.1) is 24.4 Å². The average Bonchev–Trinajstić information content (AvgIpc) is 2.01. The van der Waals surface area contributed by atoms with Gasteiger partial charge in [0.2, 0.25) is 0 Å². The maximum atomic E-state index is 12.9. The Kier molecular flexibility index (Phi) is 2.40. The molecule has 12 heavy (non-hydrogen) atoms. The van der Waals surface area contributed by atoms with E-state index < -0.39 is 17.5 Å². The standard InChI is InChI=1S/C9H9F3/c1-3-6-5(2)4-7(10)9(12)8(6)11/h4H,3H2,1-2H3. The fraction of sp³-hybridized carbons (Fsp3) is 0.333. The van der Waals surface area contributed by atoms with E-state index in [0.29, 0.717) is 12.0 Å². The van der Waals surface area contributed by atoms with E-state index in [1.54, 1.807) is 13.8 Å². The zero-order valence-corrected chi connectivity index (χ0v) is 6.92. The molecule has 0 aromatic heterocycles. The lowest BCUT2D eigenvalue weighted by atomic mass is 10.1. The van der Waals surface area contributed by atoms with Crippen LogP contribution in [0.4, 0.5) is 13.2 Å². The Bertz CT molecular complexity index is 305. The number of aryl methyl sites for hydroxylation is 1. The second kappa shape index (κ2) is 3.17. The van der Waals surface area contributed by atoms with Crippen LogP contribution in [0.1, 0.15) is 18.1 Å². The molecule has 1 aromatic carbocycles. The highest BCUT2D eigenvalue weighted by Crippen LogP contribution is 2.19. The van der Waals surface area contributed by atoms with Crippen molar-refractivity contribution in [2.75, 3.05) is 0 Å². The third-order valence-electron chi connectivity index (χ3n) is 1.84. The Hall–Kier alpha value is -0.990. The zero-order valence-electron chi connectivity index (χ0n) is 6.92. The number of rotatable bonds is 1. The molecule has 1 rings (SSSR count). The molecule has 0 amide bonds. The van der Waals surface area contributed by atoms with E-state index in [0.717, 1.165) is 6.07 Å². The topological polar surface area (TPSA) is 0 Å². The second-order valence-corrected chi connectivity index (χ2v) is 2.64. The minimum absolute atomic E-state index is 0.244. The Balaban J connectivity index is 3.40. The average molecular weight is 174 g/mol. The van der Waals surface area contributed by atoms with Gasteiger partial charge < -0.3 is 0 Å². The molecular weight excluding hydrogens is 165 g/mol. The predicted molar refractivity (Wildman–Crippen MR) is 40.4 cm³/mol. The molecule has 0 fully saturated rings. The monoisotopic (exact) mass is 174 g/mol. The summed E-state index contributed by atoms with van der Waals surface area (Å²) in [7, 11) is 0. The van der Waals surface area contributed by atoms with Crippen molar-refractivity contribution in [1.29, 1.82) is 0 Å². The lowest BCUT2D eigenvalue weighted by Gasteiger charge is -2.05. The third kappa shape index (κ3) is 1.31. The summed E-state index contributed by atoms with van der Waals surface area (Å²) in [5, 5.41) is 0. The largest absolute Gasteiger partial charge is 0.204 e. The molecule has 0 radical (unpaired) electrons. The Morgan fingerprint density at radius 1 is 1.17 bits per heavy atom. The van der Waals surface area contributed by atoms with Crippen LogP contribution < -0.4 is 0 Å². The molecule has 66 valence electrons. The summed E-state index contributed by atoms with van der Waals surface area (Å²) in [4.78, 5) is 0. The van der Waals surface area contributed by atoms with Crippen molar-refractivity contribution >= 4 is 0 Å². The first kappa shape index (κ1) is 9.10. The minimum Gasteiger partial charge on any atom is -0.204 e. The van der Waals surface area contributed by atoms with Crippen molar-refractivity contribution in [3.8, 4) is 0 Å². The minimum atomic E-state index is -1.38. The van der Waals surface area contributed by atoms with E-state index in [4.69, 9.17) is 0 Å². The van der Waals surface area contributed by atoms with Gasteiger partial charge in [-0.3, -0.25) is 0 Å². The van der Waals surface area contributed by atoms with Crippen molar-refractivity contribution in [1.82, 2.24) is 0 Å². The van der Waals surface area contributed by atoms with Gasteiger partial charge in [0.1, 0.15) is 0 Å². The number of benzene rings is 1. The van der Waals surface area contributed by atoms with Gasteiger partial charge in [0.15, 0.2) is 17.5 Å². The van der Waals surface area contributed by atoms with Crippen molar-refractivity contribution in [3.05, 3.63) is 34.6 Å². The van der Waals surface area contributed by atoms with Gasteiger partial charge in [-0.05, 0) is 30.5 Å². The van der Waals surface area contributed by atoms with Crippen molar-refractivity contribution in [3.63, 3.8) is 0 Å². The van der Waals surface area contributed by atoms with Crippen molar-refractivity contribution in [2.45, 2.75) is 20.3 Å². The third-order valence-corrected chi connectivity index (χ3v) is 1.84. The molecule has 0 aliphatic heterocycles. The maximum Gasteiger partial charge on any atom is 0.194 e. The molecule has 0 aliphatic rings. The van der Waals surface area contributed by atoms with Crippen LogP contribution in [0.5, 0.6) is 0 Å². The van der Waals surface area contributed by atoms with Crippen LogP contribution in [0.25, 0.3) is 0 Å². The van der Waals surface area contributed by atoms with Gasteiger partial charge in [-0.25, -0.2) is 13.2 Å². The Morgan fingerprint density at radius 2 is 1.75 bits per heavy atom. The summed E-state index contributed by atoms with van der Waals surface area (Å²) in [6, 6.07) is 1.01. The SMILES string of the molecule is CCc1c(C)cc(F)c(F)c1F. The fourth-order valence-electron chi connectivity index (χ4n) is 1.19. The molecule has 0 saturated heterocycles. The second-order valence-electron chi connectivity index (χ2n) is 2.64. The molecule has 0 N–H and O–H groups in total. The first-order valence-electron chi connectivity index (χ1n) is 3.70. The smallest absolute Gasteiger partial charge is 0.194 e. The molecule has 0 saturated carbocycles. The Morgan fingerprint density at radius 3 is 2.25 bits per heavy atom. The summed E-state index contributed by atoms with van der Waals surface area (Å²) in [5.41, 5.74) is 0.697. The number of hydrogen-bond donors (Lipinski definition) is 0. The van der Waals surface area contributed by atoms with E-state index in [1.165, 1.54) is 0 Å². The summed E-state index contributed by atoms with van der Waals surface area (Å²) in [5.74, 6) is -3.56. The van der Waals surface area contributed by atoms with Gasteiger partial charge in [0.25, 0.3) is 0 Å². The van der Waals surface area contributed by atoms with Crippen LogP contribution in [-0.2, 0) is 6.42 Å². The highest BCUT2D eigenvalue weighted by atomic mass is 19.2. The number of halogens is 3. The van der Waals surface area contributed by atoms with E-state index in [-0.39, 0.29) is 5.56 Å². The van der Waals surface area contributed by atoms with Crippen LogP contribution in [0.2, 0.25) is 0 Å². The van der Waals surface area contributed by atoms with Gasteiger partial charge >= 0.3 is 0 Å². The molecule has 0 bridgehead atoms. The molecule has 0 nitrogen and oxygen atoms in total. The molecular formula is C9H9F3. The lowest BCUT2D eigenvalue weighted by Crippen LogP contribution is -1.99. The zero-order chi connectivity index (χ0) is 9.30. The molecule has 1 aromatic rings. The summed E-state index contributed by atoms with van der Waals surface area (Å²) in [6.45, 7) is 3.26. The summed E-state index contributed by atoms with van der Waals surface area (Å²) >= 11 is 0.